The molecule has 1 fully saturated rings. The lowest BCUT2D eigenvalue weighted by Crippen LogP contribution is -2.30. The van der Waals surface area contributed by atoms with Crippen LogP contribution in [0.15, 0.2) is 10.9 Å². The van der Waals surface area contributed by atoms with E-state index in [1.807, 2.05) is 13.8 Å². The predicted octanol–water partition coefficient (Wildman–Crippen LogP) is 3.24. The van der Waals surface area contributed by atoms with Gasteiger partial charge >= 0.3 is 0 Å². The molecule has 1 aliphatic rings. The summed E-state index contributed by atoms with van der Waals surface area (Å²) in [6.45, 7) is 6.23. The molecule has 0 bridgehead atoms. The average Bonchev–Trinajstić information content (AvgIpc) is 2.38. The molecule has 0 amide bonds. The molecule has 1 aromatic rings. The van der Waals surface area contributed by atoms with Crippen LogP contribution in [-0.2, 0) is 0 Å². The van der Waals surface area contributed by atoms with E-state index in [-0.39, 0.29) is 17.6 Å². The van der Waals surface area contributed by atoms with Crippen LogP contribution in [0.4, 0.5) is 0 Å². The van der Waals surface area contributed by atoms with Crippen molar-refractivity contribution < 1.29 is 4.74 Å². The molecule has 1 N–H and O–H groups in total. The number of nitrogens with one attached hydrogen (secondary N) is 1. The first-order valence-corrected chi connectivity index (χ1v) is 7.38. The van der Waals surface area contributed by atoms with E-state index in [1.54, 1.807) is 0 Å². The molecule has 1 aliphatic carbocycles. The Bertz CT molecular complexity index is 467. The Labute approximate surface area is 114 Å². The fraction of sp³-hybridized carbons (Fsp3) is 0.733. The maximum atomic E-state index is 11.6. The van der Waals surface area contributed by atoms with Crippen molar-refractivity contribution >= 4 is 0 Å². The zero-order valence-electron chi connectivity index (χ0n) is 12.1. The van der Waals surface area contributed by atoms with Gasteiger partial charge in [0.2, 0.25) is 5.88 Å². The number of hydrogen-bond acceptors (Lipinski definition) is 3. The topological polar surface area (TPSA) is 55.0 Å². The van der Waals surface area contributed by atoms with Gasteiger partial charge in [0.15, 0.2) is 0 Å². The molecule has 4 nitrogen and oxygen atoms in total. The van der Waals surface area contributed by atoms with Crippen molar-refractivity contribution in [3.05, 3.63) is 22.2 Å². The summed E-state index contributed by atoms with van der Waals surface area (Å²) in [6.07, 6.45) is 6.14. The van der Waals surface area contributed by atoms with Gasteiger partial charge in [-0.15, -0.1) is 0 Å². The lowest BCUT2D eigenvalue weighted by molar-refractivity contribution is 0.0852. The van der Waals surface area contributed by atoms with Gasteiger partial charge in [-0.2, -0.15) is 4.98 Å². The monoisotopic (exact) mass is 264 g/mol. The zero-order valence-corrected chi connectivity index (χ0v) is 12.1. The summed E-state index contributed by atoms with van der Waals surface area (Å²) < 4.78 is 6.00. The molecule has 2 unspecified atom stereocenters. The molecule has 0 radical (unpaired) electrons. The van der Waals surface area contributed by atoms with Crippen LogP contribution in [0.5, 0.6) is 5.88 Å². The minimum absolute atomic E-state index is 0.127. The minimum atomic E-state index is -0.127. The van der Waals surface area contributed by atoms with Gasteiger partial charge in [-0.1, -0.05) is 27.2 Å². The van der Waals surface area contributed by atoms with E-state index in [1.165, 1.54) is 25.3 Å². The number of rotatable bonds is 4. The molecule has 0 aliphatic heterocycles. The first kappa shape index (κ1) is 14.1. The average molecular weight is 264 g/mol. The summed E-state index contributed by atoms with van der Waals surface area (Å²) in [7, 11) is 0. The van der Waals surface area contributed by atoms with Gasteiger partial charge in [0.05, 0.1) is 6.07 Å². The number of ether oxygens (including phenoxy) is 1. The number of H-pyrrole nitrogens is 1. The molecule has 2 rings (SSSR count). The molecule has 4 heteroatoms. The fourth-order valence-corrected chi connectivity index (χ4v) is 2.74. The second kappa shape index (κ2) is 6.22. The molecule has 106 valence electrons. The minimum Gasteiger partial charge on any atom is -0.474 e. The molecule has 1 heterocycles. The summed E-state index contributed by atoms with van der Waals surface area (Å²) >= 11 is 0. The number of aromatic nitrogens is 2. The highest BCUT2D eigenvalue weighted by Crippen LogP contribution is 2.29. The van der Waals surface area contributed by atoms with Crippen LogP contribution >= 0.6 is 0 Å². The first-order valence-electron chi connectivity index (χ1n) is 7.38. The van der Waals surface area contributed by atoms with Crippen molar-refractivity contribution in [1.82, 2.24) is 9.97 Å². The molecule has 19 heavy (non-hydrogen) atoms. The van der Waals surface area contributed by atoms with Crippen molar-refractivity contribution in [3.8, 4) is 5.88 Å². The standard InChI is InChI=1S/C15H24N2O2/c1-4-11-7-5-6-8-12(11)19-14-9-13(18)16-15(17-14)10(2)3/h9-12H,4-8H2,1-3H3,(H,16,17,18). The molecular weight excluding hydrogens is 240 g/mol. The van der Waals surface area contributed by atoms with Crippen LogP contribution in [0.1, 0.15) is 64.6 Å². The third-order valence-corrected chi connectivity index (χ3v) is 3.92. The van der Waals surface area contributed by atoms with E-state index in [0.29, 0.717) is 17.6 Å². The molecule has 2 atom stereocenters. The van der Waals surface area contributed by atoms with E-state index >= 15 is 0 Å². The van der Waals surface area contributed by atoms with Gasteiger partial charge in [-0.25, -0.2) is 0 Å². The highest BCUT2D eigenvalue weighted by atomic mass is 16.5. The maximum absolute atomic E-state index is 11.6. The van der Waals surface area contributed by atoms with E-state index in [9.17, 15) is 4.79 Å². The highest BCUT2D eigenvalue weighted by molar-refractivity contribution is 5.11. The lowest BCUT2D eigenvalue weighted by Gasteiger charge is -2.30. The van der Waals surface area contributed by atoms with Gasteiger partial charge in [0.25, 0.3) is 5.56 Å². The van der Waals surface area contributed by atoms with E-state index in [4.69, 9.17) is 4.74 Å². The molecule has 0 aromatic carbocycles. The van der Waals surface area contributed by atoms with E-state index in [0.717, 1.165) is 12.8 Å². The number of nitrogens with zero attached hydrogens (tertiary/aromatic N) is 1. The predicted molar refractivity (Wildman–Crippen MR) is 75.6 cm³/mol. The smallest absolute Gasteiger partial charge is 0.254 e. The largest absolute Gasteiger partial charge is 0.474 e. The molecule has 0 spiro atoms. The third kappa shape index (κ3) is 3.58. The summed E-state index contributed by atoms with van der Waals surface area (Å²) in [4.78, 5) is 18.8. The summed E-state index contributed by atoms with van der Waals surface area (Å²) in [5.74, 6) is 1.98. The van der Waals surface area contributed by atoms with Crippen LogP contribution in [0.25, 0.3) is 0 Å². The quantitative estimate of drug-likeness (QED) is 0.908. The summed E-state index contributed by atoms with van der Waals surface area (Å²) in [5, 5.41) is 0. The van der Waals surface area contributed by atoms with Gasteiger partial charge < -0.3 is 9.72 Å². The Morgan fingerprint density at radius 1 is 1.42 bits per heavy atom. The zero-order chi connectivity index (χ0) is 13.8. The Hall–Kier alpha value is -1.32. The third-order valence-electron chi connectivity index (χ3n) is 3.92. The van der Waals surface area contributed by atoms with Crippen molar-refractivity contribution in [2.24, 2.45) is 5.92 Å². The van der Waals surface area contributed by atoms with Crippen molar-refractivity contribution in [1.29, 1.82) is 0 Å². The maximum Gasteiger partial charge on any atom is 0.254 e. The summed E-state index contributed by atoms with van der Waals surface area (Å²) in [6, 6.07) is 1.47. The SMILES string of the molecule is CCC1CCCCC1Oc1cc(=O)[nH]c(C(C)C)n1. The van der Waals surface area contributed by atoms with Crippen LogP contribution in [0.3, 0.4) is 0 Å². The Balaban J connectivity index is 2.15. The Morgan fingerprint density at radius 3 is 2.84 bits per heavy atom. The van der Waals surface area contributed by atoms with Crippen LogP contribution in [0.2, 0.25) is 0 Å². The van der Waals surface area contributed by atoms with Crippen LogP contribution < -0.4 is 10.3 Å². The van der Waals surface area contributed by atoms with E-state index in [2.05, 4.69) is 16.9 Å². The Morgan fingerprint density at radius 2 is 2.16 bits per heavy atom. The molecule has 1 saturated carbocycles. The van der Waals surface area contributed by atoms with Crippen LogP contribution in [-0.4, -0.2) is 16.1 Å². The highest BCUT2D eigenvalue weighted by Gasteiger charge is 2.25. The van der Waals surface area contributed by atoms with Crippen molar-refractivity contribution in [2.75, 3.05) is 0 Å². The second-order valence-electron chi connectivity index (χ2n) is 5.73. The van der Waals surface area contributed by atoms with Crippen molar-refractivity contribution in [3.63, 3.8) is 0 Å². The second-order valence-corrected chi connectivity index (χ2v) is 5.73. The molecular formula is C15H24N2O2. The number of aromatic amines is 1. The van der Waals surface area contributed by atoms with Crippen molar-refractivity contribution in [2.45, 2.75) is 64.9 Å². The Kier molecular flexibility index (Phi) is 4.61. The fourth-order valence-electron chi connectivity index (χ4n) is 2.74. The molecule has 0 saturated heterocycles. The summed E-state index contributed by atoms with van der Waals surface area (Å²) in [5.41, 5.74) is -0.127. The van der Waals surface area contributed by atoms with Gasteiger partial charge in [0.1, 0.15) is 11.9 Å². The van der Waals surface area contributed by atoms with Gasteiger partial charge in [-0.3, -0.25) is 4.79 Å². The normalized spacial score (nSPS) is 23.6. The molecule has 1 aromatic heterocycles. The van der Waals surface area contributed by atoms with Crippen LogP contribution in [0, 0.1) is 5.92 Å². The van der Waals surface area contributed by atoms with Gasteiger partial charge in [0, 0.05) is 5.92 Å². The number of hydrogen-bond donors (Lipinski definition) is 1. The lowest BCUT2D eigenvalue weighted by atomic mass is 9.85. The van der Waals surface area contributed by atoms with Gasteiger partial charge in [-0.05, 0) is 31.6 Å². The van der Waals surface area contributed by atoms with E-state index < -0.39 is 0 Å². The first-order chi connectivity index (χ1) is 9.10.